The molecule has 0 aliphatic heterocycles. The fourth-order valence-electron chi connectivity index (χ4n) is 2.74. The summed E-state index contributed by atoms with van der Waals surface area (Å²) in [4.78, 5) is 7.91. The molecule has 1 unspecified atom stereocenters. The maximum atomic E-state index is 5.30. The van der Waals surface area contributed by atoms with E-state index in [0.29, 0.717) is 0 Å². The summed E-state index contributed by atoms with van der Waals surface area (Å²) in [5, 5.41) is 3.51. The van der Waals surface area contributed by atoms with E-state index < -0.39 is 0 Å². The molecule has 1 heterocycles. The Kier molecular flexibility index (Phi) is 4.96. The molecule has 2 N–H and O–H groups in total. The molecule has 3 aromatic rings. The Balaban J connectivity index is 1.64. The fourth-order valence-corrected chi connectivity index (χ4v) is 2.74. The van der Waals surface area contributed by atoms with Crippen molar-refractivity contribution < 1.29 is 4.74 Å². The number of methoxy groups -OCH3 is 1. The molecule has 4 nitrogen and oxygen atoms in total. The largest absolute Gasteiger partial charge is 0.496 e. The van der Waals surface area contributed by atoms with E-state index in [-0.39, 0.29) is 6.04 Å². The molecule has 1 atom stereocenters. The van der Waals surface area contributed by atoms with Crippen molar-refractivity contribution >= 4 is 0 Å². The highest BCUT2D eigenvalue weighted by Crippen LogP contribution is 2.20. The van der Waals surface area contributed by atoms with Crippen LogP contribution >= 0.6 is 0 Å². The number of benzene rings is 2. The third kappa shape index (κ3) is 3.66. The molecule has 0 aliphatic carbocycles. The highest BCUT2D eigenvalue weighted by atomic mass is 16.5. The van der Waals surface area contributed by atoms with E-state index in [1.165, 1.54) is 5.56 Å². The van der Waals surface area contributed by atoms with Crippen molar-refractivity contribution in [1.82, 2.24) is 15.3 Å². The van der Waals surface area contributed by atoms with Gasteiger partial charge >= 0.3 is 0 Å². The smallest absolute Gasteiger partial charge is 0.123 e. The van der Waals surface area contributed by atoms with Crippen LogP contribution in [0.15, 0.2) is 54.7 Å². The minimum atomic E-state index is 0.143. The van der Waals surface area contributed by atoms with Crippen LogP contribution in [0.3, 0.4) is 0 Å². The minimum absolute atomic E-state index is 0.143. The number of aryl methyl sites for hydroxylation is 1. The van der Waals surface area contributed by atoms with Crippen LogP contribution in [0.1, 0.15) is 29.9 Å². The molecule has 124 valence electrons. The topological polar surface area (TPSA) is 49.9 Å². The van der Waals surface area contributed by atoms with Gasteiger partial charge in [0.05, 0.1) is 25.0 Å². The molecular formula is C20H23N3O. The van der Waals surface area contributed by atoms with Gasteiger partial charge in [-0.1, -0.05) is 42.5 Å². The fraction of sp³-hybridized carbons (Fsp3) is 0.250. The summed E-state index contributed by atoms with van der Waals surface area (Å²) >= 11 is 0. The summed E-state index contributed by atoms with van der Waals surface area (Å²) in [6.07, 6.45) is 1.89. The maximum Gasteiger partial charge on any atom is 0.123 e. The van der Waals surface area contributed by atoms with Crippen molar-refractivity contribution in [3.8, 4) is 17.0 Å². The molecule has 0 spiro atoms. The summed E-state index contributed by atoms with van der Waals surface area (Å²) < 4.78 is 5.30. The standard InChI is InChI=1S/C20H23N3O/c1-14-11-16(9-10-19(14)24-3)12-21-15(2)20-22-13-18(23-20)17-7-5-4-6-8-17/h4-11,13,15,21H,12H2,1-3H3,(H,22,23). The van der Waals surface area contributed by atoms with Crippen LogP contribution in [0.4, 0.5) is 0 Å². The molecule has 0 aliphatic rings. The monoisotopic (exact) mass is 321 g/mol. The molecule has 0 saturated heterocycles. The Labute approximate surface area is 142 Å². The zero-order valence-corrected chi connectivity index (χ0v) is 14.3. The third-order valence-corrected chi connectivity index (χ3v) is 4.16. The molecule has 0 bridgehead atoms. The Morgan fingerprint density at radius 1 is 1.17 bits per heavy atom. The van der Waals surface area contributed by atoms with E-state index in [2.05, 4.69) is 53.4 Å². The van der Waals surface area contributed by atoms with Crippen LogP contribution in [0, 0.1) is 6.92 Å². The van der Waals surface area contributed by atoms with Crippen LogP contribution in [0.25, 0.3) is 11.3 Å². The Morgan fingerprint density at radius 2 is 1.96 bits per heavy atom. The molecule has 0 fully saturated rings. The molecular weight excluding hydrogens is 298 g/mol. The summed E-state index contributed by atoms with van der Waals surface area (Å²) in [5.74, 6) is 1.87. The lowest BCUT2D eigenvalue weighted by molar-refractivity contribution is 0.411. The summed E-state index contributed by atoms with van der Waals surface area (Å²) in [5.41, 5.74) is 4.57. The maximum absolute atomic E-state index is 5.30. The van der Waals surface area contributed by atoms with Crippen LogP contribution in [-0.2, 0) is 6.54 Å². The normalized spacial score (nSPS) is 12.1. The average molecular weight is 321 g/mol. The molecule has 4 heteroatoms. The van der Waals surface area contributed by atoms with Crippen LogP contribution in [0.2, 0.25) is 0 Å². The van der Waals surface area contributed by atoms with Crippen LogP contribution in [-0.4, -0.2) is 17.1 Å². The van der Waals surface area contributed by atoms with E-state index in [1.54, 1.807) is 7.11 Å². The third-order valence-electron chi connectivity index (χ3n) is 4.16. The summed E-state index contributed by atoms with van der Waals surface area (Å²) in [7, 11) is 1.70. The van der Waals surface area contributed by atoms with E-state index in [1.807, 2.05) is 30.5 Å². The van der Waals surface area contributed by atoms with Gasteiger partial charge in [0.25, 0.3) is 0 Å². The van der Waals surface area contributed by atoms with Crippen molar-refractivity contribution in [1.29, 1.82) is 0 Å². The Hall–Kier alpha value is -2.59. The summed E-state index contributed by atoms with van der Waals surface area (Å²) in [6.45, 7) is 4.96. The van der Waals surface area contributed by atoms with Crippen molar-refractivity contribution in [2.75, 3.05) is 7.11 Å². The van der Waals surface area contributed by atoms with Crippen molar-refractivity contribution in [3.63, 3.8) is 0 Å². The summed E-state index contributed by atoms with van der Waals surface area (Å²) in [6, 6.07) is 16.6. The number of imidazole rings is 1. The molecule has 0 saturated carbocycles. The second kappa shape index (κ2) is 7.32. The minimum Gasteiger partial charge on any atom is -0.496 e. The SMILES string of the molecule is COc1ccc(CNC(C)c2ncc(-c3ccccc3)[nH]2)cc1C. The second-order valence-corrected chi connectivity index (χ2v) is 5.95. The number of ether oxygens (including phenoxy) is 1. The van der Waals surface area contributed by atoms with Gasteiger partial charge in [0.15, 0.2) is 0 Å². The van der Waals surface area contributed by atoms with E-state index >= 15 is 0 Å². The predicted molar refractivity (Wildman–Crippen MR) is 97.0 cm³/mol. The molecule has 2 aromatic carbocycles. The molecule has 1 aromatic heterocycles. The highest BCUT2D eigenvalue weighted by molar-refractivity contribution is 5.58. The average Bonchev–Trinajstić information content (AvgIpc) is 3.11. The Morgan fingerprint density at radius 3 is 2.67 bits per heavy atom. The van der Waals surface area contributed by atoms with Gasteiger partial charge in [-0.15, -0.1) is 0 Å². The zero-order chi connectivity index (χ0) is 16.9. The first-order chi connectivity index (χ1) is 11.7. The molecule has 3 rings (SSSR count). The van der Waals surface area contributed by atoms with E-state index in [4.69, 9.17) is 4.74 Å². The number of nitrogens with one attached hydrogen (secondary N) is 2. The number of aromatic amines is 1. The number of rotatable bonds is 6. The molecule has 24 heavy (non-hydrogen) atoms. The van der Waals surface area contributed by atoms with Crippen molar-refractivity contribution in [2.45, 2.75) is 26.4 Å². The Bertz CT molecular complexity index is 796. The van der Waals surface area contributed by atoms with E-state index in [9.17, 15) is 0 Å². The van der Waals surface area contributed by atoms with Crippen molar-refractivity contribution in [2.24, 2.45) is 0 Å². The van der Waals surface area contributed by atoms with Gasteiger partial charge in [0.2, 0.25) is 0 Å². The van der Waals surface area contributed by atoms with E-state index in [0.717, 1.165) is 34.9 Å². The first kappa shape index (κ1) is 16.3. The number of hydrogen-bond acceptors (Lipinski definition) is 3. The second-order valence-electron chi connectivity index (χ2n) is 5.95. The number of aromatic nitrogens is 2. The quantitative estimate of drug-likeness (QED) is 0.714. The lowest BCUT2D eigenvalue weighted by Gasteiger charge is -2.13. The van der Waals surface area contributed by atoms with Gasteiger partial charge in [-0.2, -0.15) is 0 Å². The van der Waals surface area contributed by atoms with Crippen molar-refractivity contribution in [3.05, 3.63) is 71.7 Å². The van der Waals surface area contributed by atoms with Gasteiger partial charge in [-0.3, -0.25) is 0 Å². The van der Waals surface area contributed by atoms with Crippen LogP contribution in [0.5, 0.6) is 5.75 Å². The number of hydrogen-bond donors (Lipinski definition) is 2. The van der Waals surface area contributed by atoms with Gasteiger partial charge < -0.3 is 15.0 Å². The lowest BCUT2D eigenvalue weighted by Crippen LogP contribution is -2.19. The first-order valence-electron chi connectivity index (χ1n) is 8.14. The van der Waals surface area contributed by atoms with Crippen LogP contribution < -0.4 is 10.1 Å². The van der Waals surface area contributed by atoms with Gasteiger partial charge in [-0.25, -0.2) is 4.98 Å². The first-order valence-corrected chi connectivity index (χ1v) is 8.14. The van der Waals surface area contributed by atoms with Gasteiger partial charge in [0.1, 0.15) is 11.6 Å². The van der Waals surface area contributed by atoms with Gasteiger partial charge in [-0.05, 0) is 36.6 Å². The zero-order valence-electron chi connectivity index (χ0n) is 14.3. The molecule has 0 radical (unpaired) electrons. The molecule has 0 amide bonds. The number of H-pyrrole nitrogens is 1. The number of nitrogens with zero attached hydrogens (tertiary/aromatic N) is 1. The van der Waals surface area contributed by atoms with Gasteiger partial charge in [0, 0.05) is 6.54 Å². The highest BCUT2D eigenvalue weighted by Gasteiger charge is 2.10. The predicted octanol–water partition coefficient (Wildman–Crippen LogP) is 4.24. The lowest BCUT2D eigenvalue weighted by atomic mass is 10.1.